The number of benzene rings is 3. The van der Waals surface area contributed by atoms with Gasteiger partial charge < -0.3 is 10.1 Å². The zero-order valence-electron chi connectivity index (χ0n) is 24.1. The van der Waals surface area contributed by atoms with Crippen LogP contribution in [0, 0.1) is 0 Å². The number of carbonyl (C=O) groups excluding carboxylic acids is 3. The molecule has 2 heterocycles. The highest BCUT2D eigenvalue weighted by atomic mass is 16.5. The number of carbonyl (C=O) groups is 3. The van der Waals surface area contributed by atoms with Gasteiger partial charge in [0.1, 0.15) is 0 Å². The van der Waals surface area contributed by atoms with Crippen molar-refractivity contribution in [1.29, 1.82) is 0 Å². The molecule has 1 amide bonds. The van der Waals surface area contributed by atoms with E-state index in [4.69, 9.17) is 4.74 Å². The van der Waals surface area contributed by atoms with E-state index in [1.165, 1.54) is 0 Å². The fourth-order valence-corrected chi connectivity index (χ4v) is 7.04. The largest absolute Gasteiger partial charge is 0.466 e. The minimum Gasteiger partial charge on any atom is -0.466 e. The van der Waals surface area contributed by atoms with Crippen LogP contribution in [-0.4, -0.2) is 77.7 Å². The zero-order valence-corrected chi connectivity index (χ0v) is 24.1. The van der Waals surface area contributed by atoms with Crippen molar-refractivity contribution in [1.82, 2.24) is 20.0 Å². The van der Waals surface area contributed by atoms with Crippen LogP contribution in [0.25, 0.3) is 0 Å². The second-order valence-corrected chi connectivity index (χ2v) is 11.3. The topological polar surface area (TPSA) is 82.2 Å². The third kappa shape index (κ3) is 5.15. The summed E-state index contributed by atoms with van der Waals surface area (Å²) in [5, 5.41) is 2.89. The molecule has 2 atom stereocenters. The van der Waals surface area contributed by atoms with Gasteiger partial charge in [0.2, 0.25) is 5.91 Å². The van der Waals surface area contributed by atoms with E-state index >= 15 is 4.79 Å². The average molecular weight is 567 g/mol. The molecule has 0 saturated carbocycles. The molecule has 0 bridgehead atoms. The van der Waals surface area contributed by atoms with Crippen molar-refractivity contribution in [2.24, 2.45) is 0 Å². The van der Waals surface area contributed by atoms with Crippen LogP contribution in [0.15, 0.2) is 84.9 Å². The van der Waals surface area contributed by atoms with Crippen LogP contribution in [0.2, 0.25) is 0 Å². The highest BCUT2D eigenvalue weighted by Crippen LogP contribution is 2.51. The molecule has 42 heavy (non-hydrogen) atoms. The first kappa shape index (κ1) is 28.3. The Bertz CT molecular complexity index is 1380. The highest BCUT2D eigenvalue weighted by molar-refractivity contribution is 6.00. The number of nitrogens with one attached hydrogen (secondary N) is 1. The van der Waals surface area contributed by atoms with E-state index in [0.717, 1.165) is 35.3 Å². The normalized spacial score (nSPS) is 22.3. The molecule has 0 unspecified atom stereocenters. The van der Waals surface area contributed by atoms with Gasteiger partial charge in [-0.15, -0.1) is 0 Å². The smallest absolute Gasteiger partial charge is 0.307 e. The van der Waals surface area contributed by atoms with Crippen molar-refractivity contribution in [2.45, 2.75) is 44.1 Å². The van der Waals surface area contributed by atoms with Crippen molar-refractivity contribution >= 4 is 17.7 Å². The molecule has 1 N–H and O–H groups in total. The highest BCUT2D eigenvalue weighted by Gasteiger charge is 2.61. The monoisotopic (exact) mass is 566 g/mol. The van der Waals surface area contributed by atoms with Gasteiger partial charge in [0, 0.05) is 45.8 Å². The standard InChI is InChI=1S/C34H38N4O4/c1-2-42-31(39)21-30-33(41)35-17-18-36(30)24-28-27-15-9-10-16-29(27)34(32(28)40)37(22-25-11-5-3-6-12-25)19-20-38(34)23-26-13-7-4-8-14-26/h3-16,28,30H,2,17-24H2,1H3,(H,35,41)/t28-,30-/m0/s1. The summed E-state index contributed by atoms with van der Waals surface area (Å²) < 4.78 is 5.18. The van der Waals surface area contributed by atoms with Gasteiger partial charge in [-0.3, -0.25) is 29.1 Å². The molecular weight excluding hydrogens is 528 g/mol. The first-order chi connectivity index (χ1) is 20.5. The molecule has 8 heteroatoms. The van der Waals surface area contributed by atoms with Crippen molar-refractivity contribution < 1.29 is 19.1 Å². The van der Waals surface area contributed by atoms with E-state index in [1.54, 1.807) is 6.92 Å². The number of hydrogen-bond acceptors (Lipinski definition) is 7. The number of Topliss-reactive ketones (excluding diaryl/α,β-unsaturated/α-hetero) is 1. The minimum absolute atomic E-state index is 0.0341. The first-order valence-electron chi connectivity index (χ1n) is 14.9. The molecule has 2 saturated heterocycles. The minimum atomic E-state index is -0.929. The summed E-state index contributed by atoms with van der Waals surface area (Å²) in [5.74, 6) is -0.904. The molecular formula is C34H38N4O4. The van der Waals surface area contributed by atoms with Crippen LogP contribution in [0.3, 0.4) is 0 Å². The lowest BCUT2D eigenvalue weighted by Gasteiger charge is -2.41. The van der Waals surface area contributed by atoms with Crippen LogP contribution < -0.4 is 5.32 Å². The fourth-order valence-electron chi connectivity index (χ4n) is 7.04. The number of ether oxygens (including phenoxy) is 1. The van der Waals surface area contributed by atoms with Gasteiger partial charge in [0.05, 0.1) is 25.0 Å². The van der Waals surface area contributed by atoms with Crippen LogP contribution in [0.1, 0.15) is 41.5 Å². The summed E-state index contributed by atoms with van der Waals surface area (Å²) in [6.45, 7) is 6.24. The van der Waals surface area contributed by atoms with E-state index in [2.05, 4.69) is 51.5 Å². The Hall–Kier alpha value is -3.85. The van der Waals surface area contributed by atoms with Gasteiger partial charge >= 0.3 is 5.97 Å². The number of amides is 1. The maximum atomic E-state index is 15.1. The lowest BCUT2D eigenvalue weighted by atomic mass is 9.95. The number of nitrogens with zero attached hydrogens (tertiary/aromatic N) is 3. The summed E-state index contributed by atoms with van der Waals surface area (Å²) >= 11 is 0. The van der Waals surface area contributed by atoms with Gasteiger partial charge in [0.15, 0.2) is 11.4 Å². The number of esters is 1. The third-order valence-electron chi connectivity index (χ3n) is 8.88. The number of fused-ring (bicyclic) bond motifs is 2. The van der Waals surface area contributed by atoms with Crippen LogP contribution >= 0.6 is 0 Å². The summed E-state index contributed by atoms with van der Waals surface area (Å²) in [7, 11) is 0. The Kier molecular flexibility index (Phi) is 8.20. The van der Waals surface area contributed by atoms with E-state index in [1.807, 2.05) is 53.4 Å². The van der Waals surface area contributed by atoms with Gasteiger partial charge in [-0.2, -0.15) is 0 Å². The van der Waals surface area contributed by atoms with Gasteiger partial charge in [-0.05, 0) is 29.2 Å². The first-order valence-corrected chi connectivity index (χ1v) is 14.9. The Labute approximate surface area is 247 Å². The van der Waals surface area contributed by atoms with E-state index < -0.39 is 23.6 Å². The SMILES string of the molecule is CCOC(=O)C[C@H]1C(=O)NCCN1C[C@@H]1C(=O)C2(c3ccccc31)N(Cc1ccccc1)CCN2Cc1ccccc1. The number of ketones is 1. The number of rotatable bonds is 9. The zero-order chi connectivity index (χ0) is 29.1. The molecule has 218 valence electrons. The van der Waals surface area contributed by atoms with Crippen molar-refractivity contribution in [3.8, 4) is 0 Å². The lowest BCUT2D eigenvalue weighted by Crippen LogP contribution is -2.58. The summed E-state index contributed by atoms with van der Waals surface area (Å²) in [4.78, 5) is 47.1. The molecule has 3 aromatic rings. The molecule has 3 aromatic carbocycles. The number of piperazine rings is 1. The Morgan fingerprint density at radius 3 is 2.07 bits per heavy atom. The number of hydrogen-bond donors (Lipinski definition) is 1. The molecule has 2 fully saturated rings. The van der Waals surface area contributed by atoms with Crippen LogP contribution in [0.5, 0.6) is 0 Å². The summed E-state index contributed by atoms with van der Waals surface area (Å²) in [6.07, 6.45) is -0.0341. The van der Waals surface area contributed by atoms with Crippen molar-refractivity contribution in [3.63, 3.8) is 0 Å². The lowest BCUT2D eigenvalue weighted by molar-refractivity contribution is -0.148. The molecule has 0 aromatic heterocycles. The maximum Gasteiger partial charge on any atom is 0.307 e. The summed E-state index contributed by atoms with van der Waals surface area (Å²) in [6, 6.07) is 28.2. The van der Waals surface area contributed by atoms with Gasteiger partial charge in [0.25, 0.3) is 0 Å². The quantitative estimate of drug-likeness (QED) is 0.398. The molecule has 2 aliphatic heterocycles. The predicted molar refractivity (Wildman–Crippen MR) is 159 cm³/mol. The average Bonchev–Trinajstić information content (AvgIpc) is 3.47. The van der Waals surface area contributed by atoms with E-state index in [9.17, 15) is 9.59 Å². The van der Waals surface area contributed by atoms with Gasteiger partial charge in [-0.1, -0.05) is 84.9 Å². The molecule has 1 spiro atoms. The Morgan fingerprint density at radius 2 is 1.45 bits per heavy atom. The second kappa shape index (κ2) is 12.2. The molecule has 0 radical (unpaired) electrons. The Morgan fingerprint density at radius 1 is 0.857 bits per heavy atom. The Balaban J connectivity index is 1.38. The third-order valence-corrected chi connectivity index (χ3v) is 8.88. The maximum absolute atomic E-state index is 15.1. The molecule has 1 aliphatic carbocycles. The van der Waals surface area contributed by atoms with E-state index in [-0.39, 0.29) is 24.7 Å². The van der Waals surface area contributed by atoms with E-state index in [0.29, 0.717) is 32.7 Å². The molecule has 6 rings (SSSR count). The van der Waals surface area contributed by atoms with Crippen LogP contribution in [-0.2, 0) is 37.9 Å². The summed E-state index contributed by atoms with van der Waals surface area (Å²) in [5.41, 5.74) is 3.42. The van der Waals surface area contributed by atoms with Crippen molar-refractivity contribution in [2.75, 3.05) is 39.3 Å². The predicted octanol–water partition coefficient (Wildman–Crippen LogP) is 3.28. The van der Waals surface area contributed by atoms with Gasteiger partial charge in [-0.25, -0.2) is 0 Å². The fraction of sp³-hybridized carbons (Fsp3) is 0.382. The molecule has 8 nitrogen and oxygen atoms in total. The van der Waals surface area contributed by atoms with Crippen molar-refractivity contribution in [3.05, 3.63) is 107 Å². The van der Waals surface area contributed by atoms with Crippen LogP contribution in [0.4, 0.5) is 0 Å². The second-order valence-electron chi connectivity index (χ2n) is 11.3. The molecule has 3 aliphatic rings.